The van der Waals surface area contributed by atoms with E-state index in [4.69, 9.17) is 0 Å². The van der Waals surface area contributed by atoms with Gasteiger partial charge in [-0.3, -0.25) is 0 Å². The van der Waals surface area contributed by atoms with Crippen LogP contribution in [0, 0.1) is 0 Å². The van der Waals surface area contributed by atoms with Crippen molar-refractivity contribution in [2.45, 2.75) is 0 Å². The summed E-state index contributed by atoms with van der Waals surface area (Å²) < 4.78 is 2.53. The Labute approximate surface area is 136 Å². The van der Waals surface area contributed by atoms with Crippen molar-refractivity contribution in [2.24, 2.45) is 0 Å². The van der Waals surface area contributed by atoms with Gasteiger partial charge in [0.2, 0.25) is 0 Å². The monoisotopic (exact) mass is 360 g/mol. The van der Waals surface area contributed by atoms with Crippen molar-refractivity contribution < 1.29 is 4.79 Å². The summed E-state index contributed by atoms with van der Waals surface area (Å²) in [7, 11) is 0. The summed E-state index contributed by atoms with van der Waals surface area (Å²) in [4.78, 5) is 11.9. The van der Waals surface area contributed by atoms with E-state index in [0.29, 0.717) is 0 Å². The third kappa shape index (κ3) is 5.05. The van der Waals surface area contributed by atoms with Gasteiger partial charge in [0, 0.05) is 0 Å². The third-order valence-corrected chi connectivity index (χ3v) is 6.07. The molecule has 0 aliphatic rings. The summed E-state index contributed by atoms with van der Waals surface area (Å²) in [6.45, 7) is 0. The first kappa shape index (κ1) is 15.8. The normalized spacial score (nSPS) is 12.2. The zero-order valence-corrected chi connectivity index (χ0v) is 14.3. The molecule has 3 heteroatoms. The summed E-state index contributed by atoms with van der Waals surface area (Å²) in [6, 6.07) is 20.6. The van der Waals surface area contributed by atoms with Crippen LogP contribution in [0.15, 0.2) is 76.1 Å². The molecule has 2 rings (SSSR count). The van der Waals surface area contributed by atoms with Gasteiger partial charge in [-0.05, 0) is 0 Å². The summed E-state index contributed by atoms with van der Waals surface area (Å²) in [5.74, 6) is 0. The molecule has 0 saturated carbocycles. The Balaban J connectivity index is 2.37. The maximum atomic E-state index is 10.9. The third-order valence-electron chi connectivity index (χ3n) is 2.75. The molecule has 0 aliphatic carbocycles. The summed E-state index contributed by atoms with van der Waals surface area (Å²) in [6.07, 6.45) is 6.71. The van der Waals surface area contributed by atoms with E-state index >= 15 is 0 Å². The summed E-state index contributed by atoms with van der Waals surface area (Å²) >= 11 is 1.79. The molecule has 2 aromatic carbocycles. The van der Waals surface area contributed by atoms with Crippen molar-refractivity contribution >= 4 is 43.5 Å². The van der Waals surface area contributed by atoms with E-state index in [1.54, 1.807) is 17.8 Å². The van der Waals surface area contributed by atoms with Gasteiger partial charge in [0.25, 0.3) is 0 Å². The average molecular weight is 359 g/mol. The molecular formula is C18H16OSSe. The Morgan fingerprint density at radius 3 is 2.19 bits per heavy atom. The van der Waals surface area contributed by atoms with Gasteiger partial charge < -0.3 is 0 Å². The topological polar surface area (TPSA) is 17.1 Å². The number of aldehydes is 1. The summed E-state index contributed by atoms with van der Waals surface area (Å²) in [5, 5.41) is 0. The van der Waals surface area contributed by atoms with E-state index < -0.39 is 0 Å². The van der Waals surface area contributed by atoms with Crippen molar-refractivity contribution in [3.05, 3.63) is 81.7 Å². The van der Waals surface area contributed by atoms with Crippen LogP contribution in [0.4, 0.5) is 0 Å². The van der Waals surface area contributed by atoms with E-state index in [-0.39, 0.29) is 15.0 Å². The summed E-state index contributed by atoms with van der Waals surface area (Å²) in [5.41, 5.74) is 1.16. The van der Waals surface area contributed by atoms with Gasteiger partial charge in [0.1, 0.15) is 0 Å². The van der Waals surface area contributed by atoms with E-state index in [2.05, 4.69) is 42.5 Å². The average Bonchev–Trinajstić information content (AvgIpc) is 2.54. The molecule has 0 aromatic heterocycles. The minimum absolute atomic E-state index is 0.176. The predicted octanol–water partition coefficient (Wildman–Crippen LogP) is 3.50. The predicted molar refractivity (Wildman–Crippen MR) is 93.9 cm³/mol. The zero-order chi connectivity index (χ0) is 14.9. The van der Waals surface area contributed by atoms with Crippen molar-refractivity contribution in [3.63, 3.8) is 0 Å². The first-order chi connectivity index (χ1) is 10.3. The van der Waals surface area contributed by atoms with Gasteiger partial charge in [-0.25, -0.2) is 0 Å². The van der Waals surface area contributed by atoms with Crippen LogP contribution >= 0.6 is 11.8 Å². The molecule has 0 atom stereocenters. The standard InChI is InChI=1S/C18H16OSSe/c1-20-17(12-13-19)18(14-15-8-4-2-5-9-15)21-16-10-6-3-7-11-16/h2-14H,1H3/b17-12+,18-14+. The molecule has 1 nitrogen and oxygen atoms in total. The molecule has 2 aromatic rings. The number of thioether (sulfide) groups is 1. The minimum atomic E-state index is 0.176. The first-order valence-electron chi connectivity index (χ1n) is 6.53. The van der Waals surface area contributed by atoms with Gasteiger partial charge in [-0.1, -0.05) is 0 Å². The van der Waals surface area contributed by atoms with Crippen molar-refractivity contribution in [1.82, 2.24) is 0 Å². The molecule has 0 aliphatic heterocycles. The van der Waals surface area contributed by atoms with Crippen LogP contribution < -0.4 is 4.46 Å². The Bertz CT molecular complexity index is 633. The van der Waals surface area contributed by atoms with Gasteiger partial charge in [-0.2, -0.15) is 0 Å². The fraction of sp³-hybridized carbons (Fsp3) is 0.0556. The molecule has 0 N–H and O–H groups in total. The van der Waals surface area contributed by atoms with Gasteiger partial charge in [0.15, 0.2) is 0 Å². The number of allylic oxidation sites excluding steroid dienone is 2. The number of benzene rings is 2. The Kier molecular flexibility index (Phi) is 6.55. The zero-order valence-electron chi connectivity index (χ0n) is 11.7. The molecule has 0 unspecified atom stereocenters. The molecule has 0 radical (unpaired) electrons. The van der Waals surface area contributed by atoms with Crippen LogP contribution in [-0.2, 0) is 4.79 Å². The molecule has 0 heterocycles. The molecule has 21 heavy (non-hydrogen) atoms. The van der Waals surface area contributed by atoms with Crippen molar-refractivity contribution in [3.8, 4) is 0 Å². The van der Waals surface area contributed by atoms with E-state index in [1.807, 2.05) is 30.5 Å². The van der Waals surface area contributed by atoms with Crippen LogP contribution in [-0.4, -0.2) is 27.5 Å². The van der Waals surface area contributed by atoms with Crippen LogP contribution in [0.25, 0.3) is 6.08 Å². The Morgan fingerprint density at radius 1 is 1.00 bits per heavy atom. The van der Waals surface area contributed by atoms with Crippen LogP contribution in [0.3, 0.4) is 0 Å². The number of hydrogen-bond donors (Lipinski definition) is 0. The van der Waals surface area contributed by atoms with Gasteiger partial charge in [0.05, 0.1) is 0 Å². The molecule has 0 spiro atoms. The number of rotatable bonds is 6. The SMILES string of the molecule is CSC(=C/C=O)/C(=C\c1ccccc1)[Se]c1ccccc1. The Morgan fingerprint density at radius 2 is 1.62 bits per heavy atom. The number of hydrogen-bond acceptors (Lipinski definition) is 2. The second-order valence-electron chi connectivity index (χ2n) is 4.21. The van der Waals surface area contributed by atoms with Crippen molar-refractivity contribution in [1.29, 1.82) is 0 Å². The Hall–Kier alpha value is -1.54. The molecule has 0 bridgehead atoms. The second kappa shape index (κ2) is 8.68. The molecule has 0 amide bonds. The van der Waals surface area contributed by atoms with E-state index in [9.17, 15) is 4.79 Å². The van der Waals surface area contributed by atoms with Crippen molar-refractivity contribution in [2.75, 3.05) is 6.26 Å². The van der Waals surface area contributed by atoms with Gasteiger partial charge in [-0.15, -0.1) is 0 Å². The maximum absolute atomic E-state index is 10.9. The fourth-order valence-corrected chi connectivity index (χ4v) is 4.88. The number of carbonyl (C=O) groups excluding carboxylic acids is 1. The molecule has 0 fully saturated rings. The van der Waals surface area contributed by atoms with Crippen LogP contribution in [0.1, 0.15) is 5.56 Å². The van der Waals surface area contributed by atoms with Crippen LogP contribution in [0.2, 0.25) is 0 Å². The molecule has 106 valence electrons. The number of carbonyl (C=O) groups is 1. The molecule has 0 saturated heterocycles. The van der Waals surface area contributed by atoms with Gasteiger partial charge >= 0.3 is 136 Å². The first-order valence-corrected chi connectivity index (χ1v) is 9.46. The fourth-order valence-electron chi connectivity index (χ4n) is 1.78. The molecular weight excluding hydrogens is 343 g/mol. The quantitative estimate of drug-likeness (QED) is 0.340. The van der Waals surface area contributed by atoms with Crippen LogP contribution in [0.5, 0.6) is 0 Å². The van der Waals surface area contributed by atoms with E-state index in [1.165, 1.54) is 8.93 Å². The van der Waals surface area contributed by atoms with E-state index in [0.717, 1.165) is 16.8 Å². The second-order valence-corrected chi connectivity index (χ2v) is 7.39.